The summed E-state index contributed by atoms with van der Waals surface area (Å²) in [4.78, 5) is 15.9. The fourth-order valence-electron chi connectivity index (χ4n) is 0.986. The SMILES string of the molecule is CCCON(C(=O)O)c1ccccc1. The van der Waals surface area contributed by atoms with Crippen molar-refractivity contribution in [3.8, 4) is 0 Å². The molecule has 1 aromatic carbocycles. The molecule has 0 aromatic heterocycles. The summed E-state index contributed by atoms with van der Waals surface area (Å²) in [7, 11) is 0. The Labute approximate surface area is 82.7 Å². The molecule has 14 heavy (non-hydrogen) atoms. The molecule has 0 bridgehead atoms. The van der Waals surface area contributed by atoms with Crippen molar-refractivity contribution in [2.45, 2.75) is 13.3 Å². The highest BCUT2D eigenvalue weighted by Crippen LogP contribution is 2.13. The molecule has 1 amide bonds. The Morgan fingerprint density at radius 1 is 1.43 bits per heavy atom. The molecular formula is C10H13NO3. The van der Waals surface area contributed by atoms with Crippen LogP contribution in [0.1, 0.15) is 13.3 Å². The van der Waals surface area contributed by atoms with E-state index < -0.39 is 6.09 Å². The van der Waals surface area contributed by atoms with Crippen LogP contribution in [0.25, 0.3) is 0 Å². The maximum Gasteiger partial charge on any atom is 0.436 e. The van der Waals surface area contributed by atoms with Crippen molar-refractivity contribution in [3.63, 3.8) is 0 Å². The average molecular weight is 195 g/mol. The van der Waals surface area contributed by atoms with E-state index in [4.69, 9.17) is 9.94 Å². The van der Waals surface area contributed by atoms with E-state index in [0.29, 0.717) is 12.3 Å². The van der Waals surface area contributed by atoms with E-state index in [1.165, 1.54) is 0 Å². The van der Waals surface area contributed by atoms with Crippen LogP contribution in [-0.2, 0) is 4.84 Å². The van der Waals surface area contributed by atoms with Gasteiger partial charge in [0, 0.05) is 0 Å². The highest BCUT2D eigenvalue weighted by Gasteiger charge is 2.13. The second-order valence-electron chi connectivity index (χ2n) is 2.75. The van der Waals surface area contributed by atoms with Crippen molar-refractivity contribution in [1.29, 1.82) is 0 Å². The summed E-state index contributed by atoms with van der Waals surface area (Å²) < 4.78 is 0. The van der Waals surface area contributed by atoms with Crippen LogP contribution in [-0.4, -0.2) is 17.8 Å². The Balaban J connectivity index is 2.73. The van der Waals surface area contributed by atoms with E-state index >= 15 is 0 Å². The molecule has 0 saturated heterocycles. The van der Waals surface area contributed by atoms with Crippen LogP contribution in [0.3, 0.4) is 0 Å². The minimum atomic E-state index is -1.11. The number of rotatable bonds is 4. The zero-order chi connectivity index (χ0) is 10.4. The van der Waals surface area contributed by atoms with Crippen LogP contribution >= 0.6 is 0 Å². The first-order valence-corrected chi connectivity index (χ1v) is 4.46. The summed E-state index contributed by atoms with van der Waals surface area (Å²) in [6.45, 7) is 2.31. The van der Waals surface area contributed by atoms with E-state index in [0.717, 1.165) is 11.5 Å². The van der Waals surface area contributed by atoms with Gasteiger partial charge in [0.05, 0.1) is 12.3 Å². The summed E-state index contributed by atoms with van der Waals surface area (Å²) in [5.74, 6) is 0. The molecule has 0 atom stereocenters. The van der Waals surface area contributed by atoms with Gasteiger partial charge in [-0.3, -0.25) is 4.84 Å². The monoisotopic (exact) mass is 195 g/mol. The fourth-order valence-corrected chi connectivity index (χ4v) is 0.986. The van der Waals surface area contributed by atoms with Crippen LogP contribution in [0.4, 0.5) is 10.5 Å². The van der Waals surface area contributed by atoms with Crippen LogP contribution in [0.2, 0.25) is 0 Å². The molecule has 0 aliphatic heterocycles. The standard InChI is InChI=1S/C10H13NO3/c1-2-8-14-11(10(12)13)9-6-4-3-5-7-9/h3-7H,2,8H2,1H3,(H,12,13). The highest BCUT2D eigenvalue weighted by molar-refractivity contribution is 5.83. The molecule has 0 aliphatic carbocycles. The van der Waals surface area contributed by atoms with Crippen LogP contribution in [0.15, 0.2) is 30.3 Å². The molecule has 1 aromatic rings. The molecule has 0 aliphatic rings. The molecule has 0 unspecified atom stereocenters. The second-order valence-corrected chi connectivity index (χ2v) is 2.75. The fraction of sp³-hybridized carbons (Fsp3) is 0.300. The number of carboxylic acid groups (broad SMARTS) is 1. The summed E-state index contributed by atoms with van der Waals surface area (Å²) >= 11 is 0. The largest absolute Gasteiger partial charge is 0.463 e. The zero-order valence-corrected chi connectivity index (χ0v) is 8.01. The quantitative estimate of drug-likeness (QED) is 0.751. The predicted molar refractivity (Wildman–Crippen MR) is 53.2 cm³/mol. The van der Waals surface area contributed by atoms with Gasteiger partial charge in [0.15, 0.2) is 0 Å². The Hall–Kier alpha value is -1.55. The normalized spacial score (nSPS) is 9.79. The van der Waals surface area contributed by atoms with Gasteiger partial charge in [-0.25, -0.2) is 4.79 Å². The molecule has 0 saturated carbocycles. The minimum absolute atomic E-state index is 0.390. The van der Waals surface area contributed by atoms with Crippen LogP contribution in [0.5, 0.6) is 0 Å². The summed E-state index contributed by atoms with van der Waals surface area (Å²) in [6, 6.07) is 8.72. The van der Waals surface area contributed by atoms with E-state index in [-0.39, 0.29) is 0 Å². The number of para-hydroxylation sites is 1. The third kappa shape index (κ3) is 2.74. The predicted octanol–water partition coefficient (Wildman–Crippen LogP) is 2.51. The Kier molecular flexibility index (Phi) is 3.94. The van der Waals surface area contributed by atoms with Crippen LogP contribution < -0.4 is 5.06 Å². The minimum Gasteiger partial charge on any atom is -0.463 e. The van der Waals surface area contributed by atoms with E-state index in [9.17, 15) is 4.79 Å². The Morgan fingerprint density at radius 2 is 2.07 bits per heavy atom. The van der Waals surface area contributed by atoms with E-state index in [1.54, 1.807) is 24.3 Å². The third-order valence-electron chi connectivity index (χ3n) is 1.59. The molecule has 76 valence electrons. The number of benzene rings is 1. The van der Waals surface area contributed by atoms with Crippen molar-refractivity contribution in [3.05, 3.63) is 30.3 Å². The Morgan fingerprint density at radius 3 is 2.57 bits per heavy atom. The Bertz CT molecular complexity index is 287. The van der Waals surface area contributed by atoms with Gasteiger partial charge in [0.1, 0.15) is 0 Å². The van der Waals surface area contributed by atoms with Gasteiger partial charge in [-0.2, -0.15) is 5.06 Å². The average Bonchev–Trinajstić information content (AvgIpc) is 2.19. The highest BCUT2D eigenvalue weighted by atomic mass is 16.7. The summed E-state index contributed by atoms with van der Waals surface area (Å²) in [5.41, 5.74) is 0.522. The molecule has 4 heteroatoms. The van der Waals surface area contributed by atoms with Gasteiger partial charge in [-0.15, -0.1) is 0 Å². The third-order valence-corrected chi connectivity index (χ3v) is 1.59. The lowest BCUT2D eigenvalue weighted by Gasteiger charge is -2.17. The summed E-state index contributed by atoms with van der Waals surface area (Å²) in [5, 5.41) is 9.73. The van der Waals surface area contributed by atoms with E-state index in [2.05, 4.69) is 0 Å². The number of hydrogen-bond donors (Lipinski definition) is 1. The van der Waals surface area contributed by atoms with Crippen molar-refractivity contribution in [2.75, 3.05) is 11.7 Å². The lowest BCUT2D eigenvalue weighted by atomic mass is 10.3. The number of carbonyl (C=O) groups is 1. The maximum absolute atomic E-state index is 10.8. The molecule has 0 spiro atoms. The van der Waals surface area contributed by atoms with Gasteiger partial charge >= 0.3 is 6.09 Å². The number of hydrogen-bond acceptors (Lipinski definition) is 2. The zero-order valence-electron chi connectivity index (χ0n) is 8.01. The molecular weight excluding hydrogens is 182 g/mol. The molecule has 4 nitrogen and oxygen atoms in total. The van der Waals surface area contributed by atoms with Gasteiger partial charge < -0.3 is 5.11 Å². The number of amides is 1. The molecule has 1 N–H and O–H groups in total. The van der Waals surface area contributed by atoms with Crippen molar-refractivity contribution >= 4 is 11.8 Å². The summed E-state index contributed by atoms with van der Waals surface area (Å²) in [6.07, 6.45) is -0.332. The van der Waals surface area contributed by atoms with Gasteiger partial charge in [0.25, 0.3) is 0 Å². The topological polar surface area (TPSA) is 49.8 Å². The van der Waals surface area contributed by atoms with Gasteiger partial charge in [-0.1, -0.05) is 25.1 Å². The van der Waals surface area contributed by atoms with E-state index in [1.807, 2.05) is 13.0 Å². The molecule has 0 heterocycles. The van der Waals surface area contributed by atoms with Gasteiger partial charge in [0.2, 0.25) is 0 Å². The van der Waals surface area contributed by atoms with Crippen molar-refractivity contribution in [2.24, 2.45) is 0 Å². The maximum atomic E-state index is 10.8. The smallest absolute Gasteiger partial charge is 0.436 e. The number of anilines is 1. The van der Waals surface area contributed by atoms with Crippen LogP contribution in [0, 0.1) is 0 Å². The van der Waals surface area contributed by atoms with Crippen molar-refractivity contribution in [1.82, 2.24) is 0 Å². The van der Waals surface area contributed by atoms with Gasteiger partial charge in [-0.05, 0) is 18.6 Å². The number of nitrogens with zero attached hydrogens (tertiary/aromatic N) is 1. The second kappa shape index (κ2) is 5.24. The molecule has 0 radical (unpaired) electrons. The first-order valence-electron chi connectivity index (χ1n) is 4.46. The van der Waals surface area contributed by atoms with Crippen molar-refractivity contribution < 1.29 is 14.7 Å². The number of hydroxylamine groups is 1. The first kappa shape index (κ1) is 10.5. The molecule has 1 rings (SSSR count). The molecule has 0 fully saturated rings. The lowest BCUT2D eigenvalue weighted by molar-refractivity contribution is 0.0952. The first-order chi connectivity index (χ1) is 6.75. The lowest BCUT2D eigenvalue weighted by Crippen LogP contribution is -2.29.